The molecule has 33 heavy (non-hydrogen) atoms. The summed E-state index contributed by atoms with van der Waals surface area (Å²) in [4.78, 5) is 29.2. The normalized spacial score (nSPS) is 20.0. The fourth-order valence-corrected chi connectivity index (χ4v) is 4.50. The molecule has 0 saturated carbocycles. The summed E-state index contributed by atoms with van der Waals surface area (Å²) < 4.78 is 0. The highest BCUT2D eigenvalue weighted by atomic mass is 16.2. The second-order valence-corrected chi connectivity index (χ2v) is 9.13. The Morgan fingerprint density at radius 1 is 1.15 bits per heavy atom. The van der Waals surface area contributed by atoms with Gasteiger partial charge in [-0.2, -0.15) is 5.26 Å². The molecule has 2 amide bonds. The first kappa shape index (κ1) is 24.2. The zero-order valence-electron chi connectivity index (χ0n) is 19.5. The molecule has 3 unspecified atom stereocenters. The second-order valence-electron chi connectivity index (χ2n) is 9.13. The Bertz CT molecular complexity index is 1020. The number of aromatic nitrogens is 1. The van der Waals surface area contributed by atoms with Gasteiger partial charge >= 0.3 is 0 Å². The van der Waals surface area contributed by atoms with E-state index < -0.39 is 0 Å². The highest BCUT2D eigenvalue weighted by Gasteiger charge is 2.32. The number of nitrogens with one attached hydrogen (secondary N) is 2. The molecule has 1 aliphatic rings. The molecule has 1 heterocycles. The largest absolute Gasteiger partial charge is 0.352 e. The van der Waals surface area contributed by atoms with E-state index in [1.165, 1.54) is 5.57 Å². The lowest BCUT2D eigenvalue weighted by Crippen LogP contribution is -2.38. The molecular formula is C27H32N4O2. The maximum Gasteiger partial charge on any atom is 0.269 e. The molecule has 172 valence electrons. The zero-order valence-corrected chi connectivity index (χ0v) is 19.5. The molecule has 6 nitrogen and oxygen atoms in total. The van der Waals surface area contributed by atoms with Crippen LogP contribution in [0.1, 0.15) is 55.2 Å². The monoisotopic (exact) mass is 444 g/mol. The molecule has 3 atom stereocenters. The van der Waals surface area contributed by atoms with Crippen LogP contribution in [0.25, 0.3) is 0 Å². The molecule has 0 saturated heterocycles. The van der Waals surface area contributed by atoms with Gasteiger partial charge in [0.1, 0.15) is 5.69 Å². The third-order valence-electron chi connectivity index (χ3n) is 6.48. The van der Waals surface area contributed by atoms with Gasteiger partial charge in [-0.3, -0.25) is 14.6 Å². The third-order valence-corrected chi connectivity index (χ3v) is 6.48. The summed E-state index contributed by atoms with van der Waals surface area (Å²) in [5.41, 5.74) is 3.21. The molecule has 2 N–H and O–H groups in total. The lowest BCUT2D eigenvalue weighted by molar-refractivity contribution is -0.122. The summed E-state index contributed by atoms with van der Waals surface area (Å²) in [5.74, 6) is 1.12. The maximum absolute atomic E-state index is 12.6. The van der Waals surface area contributed by atoms with Crippen molar-refractivity contribution >= 4 is 11.8 Å². The number of pyridine rings is 1. The number of nitrogens with zero attached hydrogens (tertiary/aromatic N) is 2. The SMILES string of the molecule is CC1=CC(CNC(=O)c2ccccn2)C(C(C)C)CC1CC(=O)NCc1ccc(C#N)cc1. The van der Waals surface area contributed by atoms with Crippen LogP contribution in [0.4, 0.5) is 0 Å². The average molecular weight is 445 g/mol. The quantitative estimate of drug-likeness (QED) is 0.595. The first-order chi connectivity index (χ1) is 15.9. The lowest BCUT2D eigenvalue weighted by atomic mass is 9.69. The van der Waals surface area contributed by atoms with Crippen LogP contribution in [0.15, 0.2) is 60.3 Å². The first-order valence-corrected chi connectivity index (χ1v) is 11.5. The molecule has 1 aromatic carbocycles. The highest BCUT2D eigenvalue weighted by Crippen LogP contribution is 2.38. The Morgan fingerprint density at radius 2 is 1.91 bits per heavy atom. The topological polar surface area (TPSA) is 94.9 Å². The minimum absolute atomic E-state index is 0.0292. The van der Waals surface area contributed by atoms with Gasteiger partial charge < -0.3 is 10.6 Å². The maximum atomic E-state index is 12.6. The van der Waals surface area contributed by atoms with E-state index in [-0.39, 0.29) is 23.7 Å². The standard InChI is InChI=1S/C27H32N4O2/c1-18(2)24-13-22(14-26(32)30-16-21-9-7-20(15-28)8-10-21)19(3)12-23(24)17-31-27(33)25-6-4-5-11-29-25/h4-12,18,22-24H,13-14,16-17H2,1-3H3,(H,30,32)(H,31,33). The number of nitriles is 1. The smallest absolute Gasteiger partial charge is 0.269 e. The van der Waals surface area contributed by atoms with E-state index in [2.05, 4.69) is 48.5 Å². The number of hydrogen-bond donors (Lipinski definition) is 2. The Hall–Kier alpha value is -3.46. The fraction of sp³-hybridized carbons (Fsp3) is 0.407. The minimum Gasteiger partial charge on any atom is -0.352 e. The van der Waals surface area contributed by atoms with Gasteiger partial charge in [-0.15, -0.1) is 0 Å². The van der Waals surface area contributed by atoms with Gasteiger partial charge in [0, 0.05) is 25.7 Å². The number of carbonyl (C=O) groups excluding carboxylic acids is 2. The summed E-state index contributed by atoms with van der Waals surface area (Å²) in [6, 6.07) is 14.7. The van der Waals surface area contributed by atoms with E-state index in [4.69, 9.17) is 5.26 Å². The van der Waals surface area contributed by atoms with E-state index in [0.29, 0.717) is 42.6 Å². The number of benzene rings is 1. The molecule has 3 rings (SSSR count). The van der Waals surface area contributed by atoms with Crippen molar-refractivity contribution in [2.24, 2.45) is 23.7 Å². The number of rotatable bonds is 8. The van der Waals surface area contributed by atoms with Crippen LogP contribution in [0.3, 0.4) is 0 Å². The van der Waals surface area contributed by atoms with Gasteiger partial charge in [-0.05, 0) is 66.8 Å². The zero-order chi connectivity index (χ0) is 23.8. The van der Waals surface area contributed by atoms with Crippen LogP contribution < -0.4 is 10.6 Å². The first-order valence-electron chi connectivity index (χ1n) is 11.5. The summed E-state index contributed by atoms with van der Waals surface area (Å²) in [7, 11) is 0. The number of allylic oxidation sites excluding steroid dienone is 1. The Balaban J connectivity index is 1.57. The molecule has 0 fully saturated rings. The van der Waals surface area contributed by atoms with Gasteiger partial charge in [0.25, 0.3) is 5.91 Å². The highest BCUT2D eigenvalue weighted by molar-refractivity contribution is 5.92. The van der Waals surface area contributed by atoms with E-state index >= 15 is 0 Å². The number of carbonyl (C=O) groups is 2. The van der Waals surface area contributed by atoms with Crippen molar-refractivity contribution in [3.05, 3.63) is 77.1 Å². The fourth-order valence-electron chi connectivity index (χ4n) is 4.50. The Morgan fingerprint density at radius 3 is 2.55 bits per heavy atom. The molecule has 6 heteroatoms. The van der Waals surface area contributed by atoms with Crippen molar-refractivity contribution in [2.75, 3.05) is 6.54 Å². The molecule has 0 aliphatic heterocycles. The van der Waals surface area contributed by atoms with Crippen molar-refractivity contribution in [3.8, 4) is 6.07 Å². The van der Waals surface area contributed by atoms with Crippen LogP contribution >= 0.6 is 0 Å². The summed E-state index contributed by atoms with van der Waals surface area (Å²) in [6.45, 7) is 7.51. The van der Waals surface area contributed by atoms with Crippen molar-refractivity contribution < 1.29 is 9.59 Å². The summed E-state index contributed by atoms with van der Waals surface area (Å²) in [6.07, 6.45) is 5.24. The molecule has 0 radical (unpaired) electrons. The molecule has 1 aromatic heterocycles. The van der Waals surface area contributed by atoms with Crippen molar-refractivity contribution in [1.82, 2.24) is 15.6 Å². The van der Waals surface area contributed by atoms with Gasteiger partial charge in [0.05, 0.1) is 11.6 Å². The molecule has 1 aliphatic carbocycles. The Kier molecular flexibility index (Phi) is 8.37. The predicted octanol–water partition coefficient (Wildman–Crippen LogP) is 4.24. The predicted molar refractivity (Wildman–Crippen MR) is 128 cm³/mol. The van der Waals surface area contributed by atoms with E-state index in [1.807, 2.05) is 12.1 Å². The van der Waals surface area contributed by atoms with Gasteiger partial charge in [0.15, 0.2) is 0 Å². The van der Waals surface area contributed by atoms with Crippen molar-refractivity contribution in [3.63, 3.8) is 0 Å². The summed E-state index contributed by atoms with van der Waals surface area (Å²) >= 11 is 0. The molecular weight excluding hydrogens is 412 g/mol. The van der Waals surface area contributed by atoms with Gasteiger partial charge in [-0.1, -0.05) is 43.7 Å². The van der Waals surface area contributed by atoms with Crippen LogP contribution in [0.2, 0.25) is 0 Å². The third kappa shape index (κ3) is 6.76. The number of amides is 2. The van der Waals surface area contributed by atoms with E-state index in [1.54, 1.807) is 36.5 Å². The molecule has 2 aromatic rings. The molecule has 0 spiro atoms. The van der Waals surface area contributed by atoms with Crippen molar-refractivity contribution in [1.29, 1.82) is 5.26 Å². The van der Waals surface area contributed by atoms with Gasteiger partial charge in [-0.25, -0.2) is 0 Å². The van der Waals surface area contributed by atoms with Crippen LogP contribution in [-0.4, -0.2) is 23.3 Å². The Labute approximate surface area is 196 Å². The molecule has 0 bridgehead atoms. The van der Waals surface area contributed by atoms with Crippen molar-refractivity contribution in [2.45, 2.75) is 40.2 Å². The van der Waals surface area contributed by atoms with Crippen LogP contribution in [-0.2, 0) is 11.3 Å². The average Bonchev–Trinajstić information content (AvgIpc) is 2.83. The van der Waals surface area contributed by atoms with Crippen LogP contribution in [0, 0.1) is 35.0 Å². The second kappa shape index (κ2) is 11.4. The number of hydrogen-bond acceptors (Lipinski definition) is 4. The van der Waals surface area contributed by atoms with Gasteiger partial charge in [0.2, 0.25) is 5.91 Å². The van der Waals surface area contributed by atoms with E-state index in [9.17, 15) is 9.59 Å². The summed E-state index contributed by atoms with van der Waals surface area (Å²) in [5, 5.41) is 14.9. The van der Waals surface area contributed by atoms with Crippen LogP contribution in [0.5, 0.6) is 0 Å². The lowest BCUT2D eigenvalue weighted by Gasteiger charge is -2.37. The van der Waals surface area contributed by atoms with E-state index in [0.717, 1.165) is 12.0 Å². The minimum atomic E-state index is -0.159.